The van der Waals surface area contributed by atoms with Crippen LogP contribution in [0.2, 0.25) is 5.02 Å². The van der Waals surface area contributed by atoms with E-state index >= 15 is 0 Å². The molecule has 1 aliphatic heterocycles. The van der Waals surface area contributed by atoms with E-state index in [-0.39, 0.29) is 6.04 Å². The van der Waals surface area contributed by atoms with Crippen molar-refractivity contribution in [2.75, 3.05) is 46.4 Å². The Hall–Kier alpha value is -1.30. The van der Waals surface area contributed by atoms with E-state index in [4.69, 9.17) is 16.3 Å². The largest absolute Gasteiger partial charge is 0.379 e. The molecule has 1 fully saturated rings. The molecule has 0 bridgehead atoms. The van der Waals surface area contributed by atoms with Crippen molar-refractivity contribution in [1.29, 1.82) is 0 Å². The summed E-state index contributed by atoms with van der Waals surface area (Å²) in [5.74, 6) is 1.40. The van der Waals surface area contributed by atoms with Gasteiger partial charge in [-0.3, -0.25) is 9.89 Å². The predicted octanol–water partition coefficient (Wildman–Crippen LogP) is 2.53. The minimum Gasteiger partial charge on any atom is -0.379 e. The molecule has 0 spiro atoms. The number of hydrogen-bond acceptors (Lipinski definition) is 3. The van der Waals surface area contributed by atoms with Gasteiger partial charge in [-0.15, -0.1) is 0 Å². The predicted molar refractivity (Wildman–Crippen MR) is 101 cm³/mol. The van der Waals surface area contributed by atoms with E-state index in [2.05, 4.69) is 40.4 Å². The summed E-state index contributed by atoms with van der Waals surface area (Å²) in [6.45, 7) is 9.37. The molecule has 1 heterocycles. The third-order valence-electron chi connectivity index (χ3n) is 4.11. The quantitative estimate of drug-likeness (QED) is 0.610. The number of nitrogens with zero attached hydrogens (tertiary/aromatic N) is 2. The van der Waals surface area contributed by atoms with Crippen LogP contribution in [-0.2, 0) is 4.74 Å². The number of halogens is 1. The van der Waals surface area contributed by atoms with Crippen molar-refractivity contribution < 1.29 is 4.74 Å². The Morgan fingerprint density at radius 2 is 1.88 bits per heavy atom. The van der Waals surface area contributed by atoms with Crippen LogP contribution in [0.5, 0.6) is 0 Å². The lowest BCUT2D eigenvalue weighted by Gasteiger charge is -2.35. The van der Waals surface area contributed by atoms with Crippen molar-refractivity contribution in [2.24, 2.45) is 10.9 Å². The van der Waals surface area contributed by atoms with Gasteiger partial charge >= 0.3 is 0 Å². The normalized spacial score (nSPS) is 17.8. The Morgan fingerprint density at radius 3 is 2.50 bits per heavy atom. The topological polar surface area (TPSA) is 48.9 Å². The highest BCUT2D eigenvalue weighted by Crippen LogP contribution is 2.27. The maximum absolute atomic E-state index is 6.46. The molecule has 1 aromatic rings. The fraction of sp³-hybridized carbons (Fsp3) is 0.611. The van der Waals surface area contributed by atoms with E-state index in [9.17, 15) is 0 Å². The van der Waals surface area contributed by atoms with Crippen LogP contribution < -0.4 is 10.6 Å². The van der Waals surface area contributed by atoms with Gasteiger partial charge in [-0.05, 0) is 17.5 Å². The minimum absolute atomic E-state index is 0.195. The van der Waals surface area contributed by atoms with Crippen LogP contribution in [0.25, 0.3) is 0 Å². The van der Waals surface area contributed by atoms with Gasteiger partial charge in [0.15, 0.2) is 5.96 Å². The molecule has 24 heavy (non-hydrogen) atoms. The van der Waals surface area contributed by atoms with Crippen molar-refractivity contribution >= 4 is 17.6 Å². The molecular formula is C18H29ClN4O. The second-order valence-corrected chi connectivity index (χ2v) is 6.82. The van der Waals surface area contributed by atoms with E-state index in [1.54, 1.807) is 7.05 Å². The van der Waals surface area contributed by atoms with Gasteiger partial charge in [-0.2, -0.15) is 0 Å². The third-order valence-corrected chi connectivity index (χ3v) is 4.46. The van der Waals surface area contributed by atoms with Crippen LogP contribution in [0.3, 0.4) is 0 Å². The van der Waals surface area contributed by atoms with E-state index in [0.717, 1.165) is 55.9 Å². The fourth-order valence-electron chi connectivity index (χ4n) is 2.78. The Balaban J connectivity index is 2.07. The zero-order chi connectivity index (χ0) is 17.4. The Labute approximate surface area is 150 Å². The molecule has 134 valence electrons. The molecule has 5 nitrogen and oxygen atoms in total. The van der Waals surface area contributed by atoms with Crippen molar-refractivity contribution in [3.8, 4) is 0 Å². The van der Waals surface area contributed by atoms with E-state index in [1.807, 2.05) is 18.2 Å². The molecule has 1 aliphatic rings. The van der Waals surface area contributed by atoms with Gasteiger partial charge in [0.05, 0.1) is 19.3 Å². The van der Waals surface area contributed by atoms with Crippen LogP contribution in [0, 0.1) is 5.92 Å². The highest BCUT2D eigenvalue weighted by molar-refractivity contribution is 6.31. The number of aliphatic imine (C=N–C) groups is 1. The molecule has 2 N–H and O–H groups in total. The van der Waals surface area contributed by atoms with Crippen LogP contribution >= 0.6 is 11.6 Å². The molecule has 0 saturated carbocycles. The number of ether oxygens (including phenoxy) is 1. The summed E-state index contributed by atoms with van der Waals surface area (Å²) in [5.41, 5.74) is 1.15. The van der Waals surface area contributed by atoms with E-state index < -0.39 is 0 Å². The molecule has 1 atom stereocenters. The van der Waals surface area contributed by atoms with Gasteiger partial charge < -0.3 is 15.4 Å². The van der Waals surface area contributed by atoms with Crippen LogP contribution in [-0.4, -0.2) is 57.3 Å². The molecule has 2 rings (SSSR count). The highest BCUT2D eigenvalue weighted by atomic mass is 35.5. The first-order valence-corrected chi connectivity index (χ1v) is 9.00. The number of morpholine rings is 1. The molecule has 1 aromatic carbocycles. The lowest BCUT2D eigenvalue weighted by Crippen LogP contribution is -2.46. The van der Waals surface area contributed by atoms with Crippen LogP contribution in [0.15, 0.2) is 29.3 Å². The molecule has 0 radical (unpaired) electrons. The minimum atomic E-state index is 0.195. The maximum Gasteiger partial charge on any atom is 0.191 e. The average molecular weight is 353 g/mol. The van der Waals surface area contributed by atoms with Crippen molar-refractivity contribution in [2.45, 2.75) is 19.9 Å². The Morgan fingerprint density at radius 1 is 1.21 bits per heavy atom. The summed E-state index contributed by atoms with van der Waals surface area (Å²) in [4.78, 5) is 6.74. The summed E-state index contributed by atoms with van der Waals surface area (Å²) in [6.07, 6.45) is 0. The van der Waals surface area contributed by atoms with Crippen molar-refractivity contribution in [1.82, 2.24) is 15.5 Å². The van der Waals surface area contributed by atoms with E-state index in [1.165, 1.54) is 0 Å². The van der Waals surface area contributed by atoms with Gasteiger partial charge in [0.25, 0.3) is 0 Å². The zero-order valence-electron chi connectivity index (χ0n) is 14.9. The first-order valence-electron chi connectivity index (χ1n) is 8.62. The summed E-state index contributed by atoms with van der Waals surface area (Å²) in [5, 5.41) is 7.61. The van der Waals surface area contributed by atoms with Crippen molar-refractivity contribution in [3.63, 3.8) is 0 Å². The lowest BCUT2D eigenvalue weighted by molar-refractivity contribution is 0.0170. The summed E-state index contributed by atoms with van der Waals surface area (Å²) in [6, 6.07) is 8.27. The van der Waals surface area contributed by atoms with Gasteiger partial charge in [0.2, 0.25) is 0 Å². The standard InChI is InChI=1S/C18H29ClN4O/c1-14(2)12-21-18(20-3)22-13-17(23-8-10-24-11-9-23)15-6-4-5-7-16(15)19/h4-7,14,17H,8-13H2,1-3H3,(H2,20,21,22). The van der Waals surface area contributed by atoms with Gasteiger partial charge in [-0.1, -0.05) is 43.6 Å². The van der Waals surface area contributed by atoms with E-state index in [0.29, 0.717) is 5.92 Å². The third kappa shape index (κ3) is 5.65. The average Bonchev–Trinajstić information content (AvgIpc) is 2.60. The number of hydrogen-bond donors (Lipinski definition) is 2. The summed E-state index contributed by atoms with van der Waals surface area (Å²) in [7, 11) is 1.80. The molecule has 0 aliphatic carbocycles. The monoisotopic (exact) mass is 352 g/mol. The van der Waals surface area contributed by atoms with Gasteiger partial charge in [-0.25, -0.2) is 0 Å². The summed E-state index contributed by atoms with van der Waals surface area (Å²) >= 11 is 6.46. The zero-order valence-corrected chi connectivity index (χ0v) is 15.6. The Kier molecular flexibility index (Phi) is 7.82. The molecule has 1 unspecified atom stereocenters. The number of nitrogens with one attached hydrogen (secondary N) is 2. The van der Waals surface area contributed by atoms with Crippen LogP contribution in [0.4, 0.5) is 0 Å². The second kappa shape index (κ2) is 9.87. The van der Waals surface area contributed by atoms with Gasteiger partial charge in [0, 0.05) is 38.2 Å². The second-order valence-electron chi connectivity index (χ2n) is 6.41. The number of rotatable bonds is 6. The van der Waals surface area contributed by atoms with Gasteiger partial charge in [0.1, 0.15) is 0 Å². The molecule has 6 heteroatoms. The lowest BCUT2D eigenvalue weighted by atomic mass is 10.0. The Bertz CT molecular complexity index is 530. The first kappa shape index (κ1) is 19.0. The smallest absolute Gasteiger partial charge is 0.191 e. The van der Waals surface area contributed by atoms with Crippen LogP contribution in [0.1, 0.15) is 25.5 Å². The highest BCUT2D eigenvalue weighted by Gasteiger charge is 2.24. The molecule has 1 saturated heterocycles. The number of benzene rings is 1. The summed E-state index contributed by atoms with van der Waals surface area (Å²) < 4.78 is 5.50. The SMILES string of the molecule is CN=C(NCC(C)C)NCC(c1ccccc1Cl)N1CCOCC1. The molecule has 0 aromatic heterocycles. The maximum atomic E-state index is 6.46. The molecular weight excluding hydrogens is 324 g/mol. The van der Waals surface area contributed by atoms with Crippen molar-refractivity contribution in [3.05, 3.63) is 34.9 Å². The first-order chi connectivity index (χ1) is 11.6. The fourth-order valence-corrected chi connectivity index (χ4v) is 3.05. The number of guanidine groups is 1. The molecule has 0 amide bonds.